The molecule has 0 saturated carbocycles. The number of carbonyl (C=O) groups is 1. The maximum absolute atomic E-state index is 12.7. The van der Waals surface area contributed by atoms with E-state index in [0.717, 1.165) is 72.5 Å². The molecular weight excluding hydrogens is 448 g/mol. The Morgan fingerprint density at radius 2 is 1.64 bits per heavy atom. The molecule has 1 aromatic heterocycles. The second kappa shape index (κ2) is 11.6. The van der Waals surface area contributed by atoms with Crippen molar-refractivity contribution in [2.24, 2.45) is 5.73 Å². The van der Waals surface area contributed by atoms with E-state index in [1.165, 1.54) is 0 Å². The Kier molecular flexibility index (Phi) is 8.11. The molecule has 1 heterocycles. The normalized spacial score (nSPS) is 10.9. The first-order valence-electron chi connectivity index (χ1n) is 12.6. The van der Waals surface area contributed by atoms with Crippen molar-refractivity contribution in [1.29, 1.82) is 0 Å². The molecule has 3 N–H and O–H groups in total. The zero-order valence-corrected chi connectivity index (χ0v) is 21.0. The van der Waals surface area contributed by atoms with Crippen molar-refractivity contribution in [1.82, 2.24) is 4.57 Å². The maximum atomic E-state index is 12.7. The molecule has 5 heteroatoms. The molecule has 0 aliphatic carbocycles. The number of ether oxygens (including phenoxy) is 1. The molecule has 0 spiro atoms. The summed E-state index contributed by atoms with van der Waals surface area (Å²) in [5, 5.41) is 9.63. The smallest absolute Gasteiger partial charge is 0.251 e. The summed E-state index contributed by atoms with van der Waals surface area (Å²) in [4.78, 5) is 12.7. The molecule has 0 aliphatic rings. The first-order valence-corrected chi connectivity index (χ1v) is 12.6. The lowest BCUT2D eigenvalue weighted by molar-refractivity contribution is 0.1000. The van der Waals surface area contributed by atoms with E-state index in [4.69, 9.17) is 10.5 Å². The summed E-state index contributed by atoms with van der Waals surface area (Å²) in [6.07, 6.45) is 4.91. The summed E-state index contributed by atoms with van der Waals surface area (Å²) in [6, 6.07) is 24.8. The standard InChI is InChI=1S/C31H34N2O3/c1-3-4-6-14-28-30(24-10-9-13-27(21-24)36-26-11-7-5-8-12-26)29(31(32)35)22(2)33(28)20-19-23-15-17-25(34)18-16-23/h5,7-13,15-18,21,34H,3-4,6,14,19-20H2,1-2H3,(H2,32,35). The van der Waals surface area contributed by atoms with E-state index in [1.54, 1.807) is 12.1 Å². The van der Waals surface area contributed by atoms with Crippen LogP contribution in [0.2, 0.25) is 0 Å². The van der Waals surface area contributed by atoms with Gasteiger partial charge in [0, 0.05) is 23.5 Å². The number of benzene rings is 3. The minimum atomic E-state index is -0.419. The fourth-order valence-corrected chi connectivity index (χ4v) is 4.76. The molecule has 0 radical (unpaired) electrons. The predicted octanol–water partition coefficient (Wildman–Crippen LogP) is 7.04. The summed E-state index contributed by atoms with van der Waals surface area (Å²) in [6.45, 7) is 4.89. The van der Waals surface area contributed by atoms with Gasteiger partial charge in [-0.25, -0.2) is 0 Å². The molecule has 0 saturated heterocycles. The van der Waals surface area contributed by atoms with Crippen molar-refractivity contribution in [3.63, 3.8) is 0 Å². The third kappa shape index (κ3) is 5.80. The Morgan fingerprint density at radius 1 is 0.917 bits per heavy atom. The number of hydrogen-bond acceptors (Lipinski definition) is 3. The SMILES string of the molecule is CCCCCc1c(-c2cccc(Oc3ccccc3)c2)c(C(N)=O)c(C)n1CCc1ccc(O)cc1. The Bertz CT molecular complexity index is 1310. The number of rotatable bonds is 11. The molecule has 36 heavy (non-hydrogen) atoms. The van der Waals surface area contributed by atoms with Crippen molar-refractivity contribution in [2.45, 2.75) is 52.5 Å². The van der Waals surface area contributed by atoms with Crippen LogP contribution >= 0.6 is 0 Å². The third-order valence-corrected chi connectivity index (χ3v) is 6.56. The molecular formula is C31H34N2O3. The fourth-order valence-electron chi connectivity index (χ4n) is 4.76. The highest BCUT2D eigenvalue weighted by molar-refractivity contribution is 6.02. The lowest BCUT2D eigenvalue weighted by Gasteiger charge is -2.14. The number of hydrogen-bond donors (Lipinski definition) is 2. The highest BCUT2D eigenvalue weighted by Crippen LogP contribution is 2.36. The summed E-state index contributed by atoms with van der Waals surface area (Å²) >= 11 is 0. The van der Waals surface area contributed by atoms with E-state index in [-0.39, 0.29) is 5.75 Å². The lowest BCUT2D eigenvalue weighted by Crippen LogP contribution is -2.14. The van der Waals surface area contributed by atoms with Crippen molar-refractivity contribution in [3.8, 4) is 28.4 Å². The highest BCUT2D eigenvalue weighted by Gasteiger charge is 2.25. The van der Waals surface area contributed by atoms with Crippen LogP contribution in [0, 0.1) is 6.92 Å². The topological polar surface area (TPSA) is 77.5 Å². The molecule has 0 aliphatic heterocycles. The monoisotopic (exact) mass is 482 g/mol. The number of aryl methyl sites for hydroxylation is 1. The molecule has 3 aromatic carbocycles. The Hall–Kier alpha value is -3.99. The lowest BCUT2D eigenvalue weighted by atomic mass is 9.97. The number of carbonyl (C=O) groups excluding carboxylic acids is 1. The third-order valence-electron chi connectivity index (χ3n) is 6.56. The largest absolute Gasteiger partial charge is 0.508 e. The van der Waals surface area contributed by atoms with Gasteiger partial charge in [0.2, 0.25) is 0 Å². The first kappa shape index (κ1) is 25.1. The van der Waals surface area contributed by atoms with E-state index in [2.05, 4.69) is 11.5 Å². The van der Waals surface area contributed by atoms with Crippen molar-refractivity contribution < 1.29 is 14.6 Å². The number of primary amides is 1. The van der Waals surface area contributed by atoms with Crippen LogP contribution in [0.15, 0.2) is 78.9 Å². The average molecular weight is 483 g/mol. The van der Waals surface area contributed by atoms with Crippen LogP contribution in [0.1, 0.15) is 53.5 Å². The maximum Gasteiger partial charge on any atom is 0.251 e. The quantitative estimate of drug-likeness (QED) is 0.225. The van der Waals surface area contributed by atoms with Gasteiger partial charge < -0.3 is 20.1 Å². The Labute approximate surface area is 213 Å². The first-order chi connectivity index (χ1) is 17.5. The van der Waals surface area contributed by atoms with Crippen LogP contribution in [-0.2, 0) is 19.4 Å². The van der Waals surface area contributed by atoms with Gasteiger partial charge in [-0.3, -0.25) is 4.79 Å². The van der Waals surface area contributed by atoms with E-state index in [0.29, 0.717) is 11.3 Å². The molecule has 5 nitrogen and oxygen atoms in total. The number of aromatic hydroxyl groups is 1. The molecule has 186 valence electrons. The van der Waals surface area contributed by atoms with Crippen molar-refractivity contribution >= 4 is 5.91 Å². The number of para-hydroxylation sites is 1. The van der Waals surface area contributed by atoms with Crippen molar-refractivity contribution in [2.75, 3.05) is 0 Å². The van der Waals surface area contributed by atoms with Gasteiger partial charge in [-0.1, -0.05) is 62.2 Å². The number of unbranched alkanes of at least 4 members (excludes halogenated alkanes) is 2. The summed E-state index contributed by atoms with van der Waals surface area (Å²) < 4.78 is 8.34. The number of amides is 1. The summed E-state index contributed by atoms with van der Waals surface area (Å²) in [7, 11) is 0. The van der Waals surface area contributed by atoms with E-state index >= 15 is 0 Å². The fraction of sp³-hybridized carbons (Fsp3) is 0.258. The van der Waals surface area contributed by atoms with Crippen LogP contribution in [0.5, 0.6) is 17.2 Å². The van der Waals surface area contributed by atoms with Gasteiger partial charge in [0.1, 0.15) is 17.2 Å². The van der Waals surface area contributed by atoms with E-state index in [9.17, 15) is 9.90 Å². The van der Waals surface area contributed by atoms with Crippen LogP contribution in [-0.4, -0.2) is 15.6 Å². The van der Waals surface area contributed by atoms with Gasteiger partial charge >= 0.3 is 0 Å². The summed E-state index contributed by atoms with van der Waals surface area (Å²) in [5.74, 6) is 1.31. The Balaban J connectivity index is 1.76. The van der Waals surface area contributed by atoms with Gasteiger partial charge in [0.05, 0.1) is 5.56 Å². The minimum absolute atomic E-state index is 0.257. The van der Waals surface area contributed by atoms with Crippen LogP contribution in [0.25, 0.3) is 11.1 Å². The molecule has 0 atom stereocenters. The van der Waals surface area contributed by atoms with E-state index in [1.807, 2.05) is 73.7 Å². The predicted molar refractivity (Wildman–Crippen MR) is 145 cm³/mol. The average Bonchev–Trinajstić information content (AvgIpc) is 3.16. The molecule has 4 aromatic rings. The highest BCUT2D eigenvalue weighted by atomic mass is 16.5. The Morgan fingerprint density at radius 3 is 2.33 bits per heavy atom. The molecule has 1 amide bonds. The summed E-state index contributed by atoms with van der Waals surface area (Å²) in [5.41, 5.74) is 11.5. The van der Waals surface area contributed by atoms with E-state index < -0.39 is 5.91 Å². The second-order valence-electron chi connectivity index (χ2n) is 9.11. The minimum Gasteiger partial charge on any atom is -0.508 e. The number of nitrogens with two attached hydrogens (primary N) is 1. The zero-order valence-electron chi connectivity index (χ0n) is 21.0. The number of phenolic OH excluding ortho intramolecular Hbond substituents is 1. The molecule has 0 bridgehead atoms. The molecule has 0 fully saturated rings. The van der Waals surface area contributed by atoms with Gasteiger partial charge in [-0.2, -0.15) is 0 Å². The molecule has 4 rings (SSSR count). The van der Waals surface area contributed by atoms with Gasteiger partial charge in [-0.15, -0.1) is 0 Å². The van der Waals surface area contributed by atoms with Crippen molar-refractivity contribution in [3.05, 3.63) is 101 Å². The van der Waals surface area contributed by atoms with Crippen LogP contribution in [0.4, 0.5) is 0 Å². The number of nitrogens with zero attached hydrogens (tertiary/aromatic N) is 1. The molecule has 0 unspecified atom stereocenters. The van der Waals surface area contributed by atoms with Crippen LogP contribution < -0.4 is 10.5 Å². The second-order valence-corrected chi connectivity index (χ2v) is 9.11. The van der Waals surface area contributed by atoms with Crippen LogP contribution in [0.3, 0.4) is 0 Å². The van der Waals surface area contributed by atoms with Gasteiger partial charge in [0.25, 0.3) is 5.91 Å². The number of phenols is 1. The number of aromatic nitrogens is 1. The zero-order chi connectivity index (χ0) is 25.5. The van der Waals surface area contributed by atoms with Gasteiger partial charge in [0.15, 0.2) is 0 Å². The van der Waals surface area contributed by atoms with Gasteiger partial charge in [-0.05, 0) is 73.7 Å².